The first-order chi connectivity index (χ1) is 14.1. The van der Waals surface area contributed by atoms with Crippen LogP contribution in [-0.4, -0.2) is 53.4 Å². The van der Waals surface area contributed by atoms with Crippen molar-refractivity contribution in [2.45, 2.75) is 63.8 Å². The van der Waals surface area contributed by atoms with Crippen molar-refractivity contribution in [3.8, 4) is 0 Å². The smallest absolute Gasteiger partial charge is 0.377 e. The molecule has 162 valence electrons. The standard InChI is InChI=1S/C22H35NO5Si/c1-26-29(27-2,28-3)18-14-10-8-6-4-5-7-9-13-17-23-21(24)19-15-11-12-16-20(19)22(23)25/h11-12,15-16H,4-10,13-14,17-18H2,1-3H3. The molecule has 0 radical (unpaired) electrons. The fourth-order valence-corrected chi connectivity index (χ4v) is 5.64. The summed E-state index contributed by atoms with van der Waals surface area (Å²) in [5, 5.41) is 0. The maximum absolute atomic E-state index is 12.3. The third kappa shape index (κ3) is 6.47. The molecule has 0 unspecified atom stereocenters. The number of nitrogens with zero attached hydrogens (tertiary/aromatic N) is 1. The lowest BCUT2D eigenvalue weighted by molar-refractivity contribution is 0.0651. The average molecular weight is 422 g/mol. The highest BCUT2D eigenvalue weighted by Gasteiger charge is 2.36. The van der Waals surface area contributed by atoms with Crippen molar-refractivity contribution in [1.82, 2.24) is 4.90 Å². The van der Waals surface area contributed by atoms with E-state index in [9.17, 15) is 9.59 Å². The predicted octanol–water partition coefficient (Wildman–Crippen LogP) is 4.67. The lowest BCUT2D eigenvalue weighted by Gasteiger charge is -2.24. The van der Waals surface area contributed by atoms with Crippen molar-refractivity contribution in [2.75, 3.05) is 27.9 Å². The second kappa shape index (κ2) is 12.2. The SMILES string of the molecule is CO[Si](CCCCCCCCCCCN1C(=O)c2ccccc2C1=O)(OC)OC. The van der Waals surface area contributed by atoms with Gasteiger partial charge in [-0.05, 0) is 25.0 Å². The number of imide groups is 1. The molecule has 0 saturated heterocycles. The molecule has 7 heteroatoms. The van der Waals surface area contributed by atoms with Crippen LogP contribution in [0.15, 0.2) is 24.3 Å². The number of carbonyl (C=O) groups is 2. The first kappa shape index (κ1) is 23.7. The van der Waals surface area contributed by atoms with E-state index in [4.69, 9.17) is 13.3 Å². The lowest BCUT2D eigenvalue weighted by atomic mass is 10.1. The Morgan fingerprint density at radius 3 is 1.55 bits per heavy atom. The maximum Gasteiger partial charge on any atom is 0.500 e. The zero-order chi connectivity index (χ0) is 21.1. The van der Waals surface area contributed by atoms with Gasteiger partial charge in [-0.2, -0.15) is 0 Å². The fraction of sp³-hybridized carbons (Fsp3) is 0.636. The van der Waals surface area contributed by atoms with Crippen molar-refractivity contribution in [2.24, 2.45) is 0 Å². The van der Waals surface area contributed by atoms with Crippen molar-refractivity contribution in [3.05, 3.63) is 35.4 Å². The summed E-state index contributed by atoms with van der Waals surface area (Å²) in [6.07, 6.45) is 10.2. The number of carbonyl (C=O) groups excluding carboxylic acids is 2. The van der Waals surface area contributed by atoms with Crippen LogP contribution in [0.3, 0.4) is 0 Å². The van der Waals surface area contributed by atoms with Gasteiger partial charge in [0.25, 0.3) is 11.8 Å². The van der Waals surface area contributed by atoms with E-state index in [1.54, 1.807) is 45.6 Å². The number of unbranched alkanes of at least 4 members (excludes halogenated alkanes) is 8. The van der Waals surface area contributed by atoms with Gasteiger partial charge in [-0.1, -0.05) is 57.1 Å². The Labute approximate surface area is 175 Å². The van der Waals surface area contributed by atoms with Gasteiger partial charge in [-0.3, -0.25) is 14.5 Å². The quantitative estimate of drug-likeness (QED) is 0.234. The van der Waals surface area contributed by atoms with Crippen molar-refractivity contribution in [3.63, 3.8) is 0 Å². The largest absolute Gasteiger partial charge is 0.500 e. The summed E-state index contributed by atoms with van der Waals surface area (Å²) in [6.45, 7) is 0.524. The Bertz CT molecular complexity index is 619. The molecule has 0 fully saturated rings. The number of hydrogen-bond acceptors (Lipinski definition) is 5. The molecule has 29 heavy (non-hydrogen) atoms. The monoisotopic (exact) mass is 421 g/mol. The lowest BCUT2D eigenvalue weighted by Crippen LogP contribution is -2.42. The summed E-state index contributed by atoms with van der Waals surface area (Å²) < 4.78 is 16.3. The maximum atomic E-state index is 12.3. The molecule has 1 aliphatic rings. The molecule has 0 atom stereocenters. The van der Waals surface area contributed by atoms with Crippen LogP contribution in [0.1, 0.15) is 78.5 Å². The molecule has 0 saturated carbocycles. The highest BCUT2D eigenvalue weighted by molar-refractivity contribution is 6.60. The van der Waals surface area contributed by atoms with Crippen LogP contribution in [0.4, 0.5) is 0 Å². The molecule has 0 aliphatic carbocycles. The normalized spacial score (nSPS) is 14.0. The van der Waals surface area contributed by atoms with Gasteiger partial charge in [-0.25, -0.2) is 0 Å². The number of fused-ring (bicyclic) bond motifs is 1. The van der Waals surface area contributed by atoms with Crippen molar-refractivity contribution < 1.29 is 22.9 Å². The summed E-state index contributed by atoms with van der Waals surface area (Å²) in [4.78, 5) is 26.0. The zero-order valence-electron chi connectivity index (χ0n) is 18.1. The average Bonchev–Trinajstić information content (AvgIpc) is 3.00. The third-order valence-electron chi connectivity index (χ3n) is 5.68. The molecule has 2 rings (SSSR count). The van der Waals surface area contributed by atoms with Crippen LogP contribution in [0.2, 0.25) is 6.04 Å². The molecular weight excluding hydrogens is 386 g/mol. The summed E-state index contributed by atoms with van der Waals surface area (Å²) in [5.74, 6) is -0.291. The van der Waals surface area contributed by atoms with E-state index >= 15 is 0 Å². The van der Waals surface area contributed by atoms with Gasteiger partial charge >= 0.3 is 8.80 Å². The molecular formula is C22H35NO5Si. The number of rotatable bonds is 15. The van der Waals surface area contributed by atoms with E-state index in [0.717, 1.165) is 31.7 Å². The second-order valence-corrected chi connectivity index (χ2v) is 10.6. The minimum atomic E-state index is -2.40. The van der Waals surface area contributed by atoms with Gasteiger partial charge in [0.1, 0.15) is 0 Å². The van der Waals surface area contributed by atoms with Gasteiger partial charge in [0.2, 0.25) is 0 Å². The molecule has 6 nitrogen and oxygen atoms in total. The highest BCUT2D eigenvalue weighted by atomic mass is 28.4. The van der Waals surface area contributed by atoms with Gasteiger partial charge in [0.05, 0.1) is 11.1 Å². The van der Waals surface area contributed by atoms with Crippen LogP contribution in [0, 0.1) is 0 Å². The summed E-state index contributed by atoms with van der Waals surface area (Å²) in [5.41, 5.74) is 1.08. The summed E-state index contributed by atoms with van der Waals surface area (Å²) in [7, 11) is 2.58. The Kier molecular flexibility index (Phi) is 10.0. The van der Waals surface area contributed by atoms with Crippen LogP contribution in [-0.2, 0) is 13.3 Å². The molecule has 1 heterocycles. The van der Waals surface area contributed by atoms with Crippen LogP contribution < -0.4 is 0 Å². The van der Waals surface area contributed by atoms with Crippen molar-refractivity contribution in [1.29, 1.82) is 0 Å². The van der Waals surface area contributed by atoms with E-state index in [1.807, 2.05) is 0 Å². The van der Waals surface area contributed by atoms with E-state index < -0.39 is 8.80 Å². The second-order valence-electron chi connectivity index (χ2n) is 7.53. The van der Waals surface area contributed by atoms with E-state index in [0.29, 0.717) is 17.7 Å². The molecule has 0 bridgehead atoms. The molecule has 0 aromatic heterocycles. The van der Waals surface area contributed by atoms with Crippen molar-refractivity contribution >= 4 is 20.6 Å². The molecule has 1 aromatic rings. The van der Waals surface area contributed by atoms with Crippen LogP contribution in [0.25, 0.3) is 0 Å². The molecule has 1 aliphatic heterocycles. The Morgan fingerprint density at radius 1 is 0.690 bits per heavy atom. The molecule has 2 amide bonds. The molecule has 0 N–H and O–H groups in total. The summed E-state index contributed by atoms with van der Waals surface area (Å²) in [6, 6.07) is 7.95. The first-order valence-corrected chi connectivity index (χ1v) is 12.6. The first-order valence-electron chi connectivity index (χ1n) is 10.7. The Balaban J connectivity index is 1.48. The molecule has 0 spiro atoms. The summed E-state index contributed by atoms with van der Waals surface area (Å²) >= 11 is 0. The zero-order valence-corrected chi connectivity index (χ0v) is 19.1. The van der Waals surface area contributed by atoms with E-state index in [1.165, 1.54) is 37.0 Å². The minimum absolute atomic E-state index is 0.145. The van der Waals surface area contributed by atoms with Crippen LogP contribution >= 0.6 is 0 Å². The highest BCUT2D eigenvalue weighted by Crippen LogP contribution is 2.23. The third-order valence-corrected chi connectivity index (χ3v) is 8.51. The topological polar surface area (TPSA) is 65.1 Å². The Hall–Kier alpha value is -1.54. The van der Waals surface area contributed by atoms with Gasteiger partial charge in [0.15, 0.2) is 0 Å². The van der Waals surface area contributed by atoms with E-state index in [-0.39, 0.29) is 11.8 Å². The van der Waals surface area contributed by atoms with Crippen LogP contribution in [0.5, 0.6) is 0 Å². The van der Waals surface area contributed by atoms with Gasteiger partial charge in [0, 0.05) is 33.9 Å². The van der Waals surface area contributed by atoms with E-state index in [2.05, 4.69) is 0 Å². The number of hydrogen-bond donors (Lipinski definition) is 0. The number of benzene rings is 1. The number of amides is 2. The predicted molar refractivity (Wildman–Crippen MR) is 115 cm³/mol. The molecule has 1 aromatic carbocycles. The minimum Gasteiger partial charge on any atom is -0.377 e. The van der Waals surface area contributed by atoms with Gasteiger partial charge in [-0.15, -0.1) is 0 Å². The van der Waals surface area contributed by atoms with Gasteiger partial charge < -0.3 is 13.3 Å². The Morgan fingerprint density at radius 2 is 1.10 bits per heavy atom. The fourth-order valence-electron chi connectivity index (χ4n) is 3.85.